The van der Waals surface area contributed by atoms with Crippen molar-refractivity contribution in [3.8, 4) is 0 Å². The number of amides is 2. The van der Waals surface area contributed by atoms with Gasteiger partial charge in [0.1, 0.15) is 0 Å². The molecule has 2 amide bonds. The Morgan fingerprint density at radius 1 is 0.929 bits per heavy atom. The molecule has 0 saturated carbocycles. The number of nitrogens with one attached hydrogen (secondary N) is 3. The molecule has 0 heterocycles. The van der Waals surface area contributed by atoms with E-state index in [4.69, 9.17) is 0 Å². The van der Waals surface area contributed by atoms with Crippen molar-refractivity contribution in [2.45, 2.75) is 40.7 Å². The van der Waals surface area contributed by atoms with E-state index in [1.807, 2.05) is 51.1 Å². The first-order valence-corrected chi connectivity index (χ1v) is 9.68. The van der Waals surface area contributed by atoms with Gasteiger partial charge in [0.25, 0.3) is 5.91 Å². The van der Waals surface area contributed by atoms with Crippen molar-refractivity contribution in [1.82, 2.24) is 5.32 Å². The summed E-state index contributed by atoms with van der Waals surface area (Å²) in [6.07, 6.45) is 0. The molecule has 0 aromatic heterocycles. The molecule has 0 radical (unpaired) electrons. The van der Waals surface area contributed by atoms with Gasteiger partial charge in [-0.3, -0.25) is 9.59 Å². The normalized spacial score (nSPS) is 12.4. The van der Waals surface area contributed by atoms with Crippen LogP contribution in [0.3, 0.4) is 0 Å². The Morgan fingerprint density at radius 2 is 1.57 bits per heavy atom. The first-order chi connectivity index (χ1) is 13.2. The topological polar surface area (TPSA) is 70.2 Å². The maximum absolute atomic E-state index is 12.6. The van der Waals surface area contributed by atoms with Gasteiger partial charge >= 0.3 is 0 Å². The van der Waals surface area contributed by atoms with Crippen molar-refractivity contribution in [2.75, 3.05) is 17.2 Å². The summed E-state index contributed by atoms with van der Waals surface area (Å²) in [5.74, 6) is 0.0993. The third-order valence-electron chi connectivity index (χ3n) is 4.48. The highest BCUT2D eigenvalue weighted by atomic mass is 16.2. The van der Waals surface area contributed by atoms with Crippen LogP contribution in [0.25, 0.3) is 0 Å². The largest absolute Gasteiger partial charge is 0.380 e. The monoisotopic (exact) mass is 381 g/mol. The molecule has 1 unspecified atom stereocenters. The van der Waals surface area contributed by atoms with E-state index in [-0.39, 0.29) is 17.9 Å². The van der Waals surface area contributed by atoms with E-state index >= 15 is 0 Å². The highest BCUT2D eigenvalue weighted by Gasteiger charge is 2.21. The van der Waals surface area contributed by atoms with Crippen LogP contribution in [0, 0.1) is 11.3 Å². The summed E-state index contributed by atoms with van der Waals surface area (Å²) in [5, 5.41) is 9.33. The van der Waals surface area contributed by atoms with Crippen molar-refractivity contribution >= 4 is 23.2 Å². The van der Waals surface area contributed by atoms with Crippen LogP contribution in [-0.2, 0) is 4.79 Å². The van der Waals surface area contributed by atoms with E-state index < -0.39 is 5.41 Å². The molecular weight excluding hydrogens is 350 g/mol. The van der Waals surface area contributed by atoms with E-state index in [2.05, 4.69) is 29.8 Å². The van der Waals surface area contributed by atoms with Crippen LogP contribution in [0.2, 0.25) is 0 Å². The summed E-state index contributed by atoms with van der Waals surface area (Å²) in [7, 11) is 0. The smallest absolute Gasteiger partial charge is 0.251 e. The van der Waals surface area contributed by atoms with Crippen LogP contribution in [0.4, 0.5) is 11.4 Å². The van der Waals surface area contributed by atoms with Gasteiger partial charge in [-0.05, 0) is 36.2 Å². The molecule has 3 N–H and O–H groups in total. The van der Waals surface area contributed by atoms with E-state index in [0.29, 0.717) is 23.7 Å². The maximum atomic E-state index is 12.6. The van der Waals surface area contributed by atoms with Gasteiger partial charge in [0.2, 0.25) is 5.91 Å². The zero-order valence-electron chi connectivity index (χ0n) is 17.4. The van der Waals surface area contributed by atoms with E-state index in [1.54, 1.807) is 24.3 Å². The van der Waals surface area contributed by atoms with Crippen molar-refractivity contribution < 1.29 is 9.59 Å². The lowest BCUT2D eigenvalue weighted by Crippen LogP contribution is -2.39. The zero-order chi connectivity index (χ0) is 20.7. The third kappa shape index (κ3) is 6.41. The van der Waals surface area contributed by atoms with Crippen molar-refractivity contribution in [1.29, 1.82) is 0 Å². The Balaban J connectivity index is 1.99. The Kier molecular flexibility index (Phi) is 7.21. The first-order valence-electron chi connectivity index (χ1n) is 9.68. The molecular formula is C23H31N3O2. The van der Waals surface area contributed by atoms with Crippen LogP contribution >= 0.6 is 0 Å². The summed E-state index contributed by atoms with van der Waals surface area (Å²) >= 11 is 0. The molecule has 2 aromatic rings. The Bertz CT molecular complexity index is 795. The molecule has 150 valence electrons. The Hall–Kier alpha value is -2.82. The molecule has 2 rings (SSSR count). The van der Waals surface area contributed by atoms with E-state index in [9.17, 15) is 9.59 Å². The second-order valence-corrected chi connectivity index (χ2v) is 8.36. The van der Waals surface area contributed by atoms with Crippen molar-refractivity contribution in [3.63, 3.8) is 0 Å². The standard InChI is InChI=1S/C23H31N3O2/c1-16(2)20(25-18-11-7-6-8-12-18)15-24-21(27)17-10-9-13-19(14-17)26-22(28)23(3,4)5/h6-14,16,20,25H,15H2,1-5H3,(H,24,27)(H,26,28). The van der Waals surface area contributed by atoms with E-state index in [0.717, 1.165) is 5.69 Å². The summed E-state index contributed by atoms with van der Waals surface area (Å²) in [6, 6.07) is 17.1. The van der Waals surface area contributed by atoms with Gasteiger partial charge in [0.05, 0.1) is 0 Å². The summed E-state index contributed by atoms with van der Waals surface area (Å²) in [5.41, 5.74) is 1.68. The minimum atomic E-state index is -0.494. The van der Waals surface area contributed by atoms with Crippen molar-refractivity contribution in [3.05, 3.63) is 60.2 Å². The molecule has 1 atom stereocenters. The van der Waals surface area contributed by atoms with Gasteiger partial charge in [0, 0.05) is 34.9 Å². The molecule has 5 heteroatoms. The average Bonchev–Trinajstić information content (AvgIpc) is 2.65. The lowest BCUT2D eigenvalue weighted by Gasteiger charge is -2.24. The van der Waals surface area contributed by atoms with Crippen LogP contribution < -0.4 is 16.0 Å². The second kappa shape index (κ2) is 9.40. The fourth-order valence-corrected chi connectivity index (χ4v) is 2.56. The number of hydrogen-bond acceptors (Lipinski definition) is 3. The molecule has 2 aromatic carbocycles. The first kappa shape index (κ1) is 21.5. The predicted octanol–water partition coefficient (Wildman–Crippen LogP) is 4.54. The Morgan fingerprint density at radius 3 is 2.18 bits per heavy atom. The van der Waals surface area contributed by atoms with Gasteiger partial charge in [-0.2, -0.15) is 0 Å². The van der Waals surface area contributed by atoms with Gasteiger partial charge < -0.3 is 16.0 Å². The van der Waals surface area contributed by atoms with Crippen LogP contribution in [0.15, 0.2) is 54.6 Å². The van der Waals surface area contributed by atoms with Crippen molar-refractivity contribution in [2.24, 2.45) is 11.3 Å². The lowest BCUT2D eigenvalue weighted by molar-refractivity contribution is -0.123. The van der Waals surface area contributed by atoms with Crippen LogP contribution in [0.5, 0.6) is 0 Å². The number of benzene rings is 2. The number of hydrogen-bond donors (Lipinski definition) is 3. The number of para-hydroxylation sites is 1. The quantitative estimate of drug-likeness (QED) is 0.659. The molecule has 0 spiro atoms. The molecule has 0 fully saturated rings. The number of anilines is 2. The Labute approximate surface area is 167 Å². The molecule has 0 saturated heterocycles. The van der Waals surface area contributed by atoms with E-state index in [1.165, 1.54) is 0 Å². The summed E-state index contributed by atoms with van der Waals surface area (Å²) in [4.78, 5) is 24.8. The fraction of sp³-hybridized carbons (Fsp3) is 0.391. The summed E-state index contributed by atoms with van der Waals surface area (Å²) in [6.45, 7) is 10.3. The third-order valence-corrected chi connectivity index (χ3v) is 4.48. The highest BCUT2D eigenvalue weighted by molar-refractivity contribution is 5.98. The minimum absolute atomic E-state index is 0.0861. The maximum Gasteiger partial charge on any atom is 0.251 e. The zero-order valence-corrected chi connectivity index (χ0v) is 17.4. The molecule has 0 aliphatic carbocycles. The van der Waals surface area contributed by atoms with Gasteiger partial charge in [-0.1, -0.05) is 58.9 Å². The van der Waals surface area contributed by atoms with Crippen LogP contribution in [0.1, 0.15) is 45.0 Å². The van der Waals surface area contributed by atoms with Gasteiger partial charge in [-0.15, -0.1) is 0 Å². The number of rotatable bonds is 7. The second-order valence-electron chi connectivity index (χ2n) is 8.36. The fourth-order valence-electron chi connectivity index (χ4n) is 2.56. The molecule has 0 aliphatic heterocycles. The molecule has 5 nitrogen and oxygen atoms in total. The van der Waals surface area contributed by atoms with Crippen LogP contribution in [-0.4, -0.2) is 24.4 Å². The van der Waals surface area contributed by atoms with Gasteiger partial charge in [0.15, 0.2) is 0 Å². The molecule has 0 bridgehead atoms. The summed E-state index contributed by atoms with van der Waals surface area (Å²) < 4.78 is 0. The minimum Gasteiger partial charge on any atom is -0.380 e. The average molecular weight is 382 g/mol. The number of carbonyl (C=O) groups excluding carboxylic acids is 2. The SMILES string of the molecule is CC(C)C(CNC(=O)c1cccc(NC(=O)C(C)(C)C)c1)Nc1ccccc1. The number of carbonyl (C=O) groups is 2. The lowest BCUT2D eigenvalue weighted by atomic mass is 9.95. The highest BCUT2D eigenvalue weighted by Crippen LogP contribution is 2.18. The molecule has 28 heavy (non-hydrogen) atoms. The predicted molar refractivity (Wildman–Crippen MR) is 116 cm³/mol. The molecule has 0 aliphatic rings. The van der Waals surface area contributed by atoms with Gasteiger partial charge in [-0.25, -0.2) is 0 Å².